The molecule has 3 rings (SSSR count). The maximum Gasteiger partial charge on any atom is 0.287 e. The molecular formula is C17H25ClN2O3. The summed E-state index contributed by atoms with van der Waals surface area (Å²) in [6.45, 7) is 2.58. The second-order valence-electron chi connectivity index (χ2n) is 6.91. The summed E-state index contributed by atoms with van der Waals surface area (Å²) in [6.07, 6.45) is 7.15. The average molecular weight is 341 g/mol. The zero-order chi connectivity index (χ0) is 16.3. The highest BCUT2D eigenvalue weighted by atomic mass is 35.5. The molecule has 2 aliphatic rings. The van der Waals surface area contributed by atoms with Crippen LogP contribution in [0, 0.1) is 0 Å². The summed E-state index contributed by atoms with van der Waals surface area (Å²) in [5, 5.41) is 13.9. The topological polar surface area (TPSA) is 65.7 Å². The molecule has 0 spiro atoms. The number of nitrogens with zero attached hydrogens (tertiary/aromatic N) is 1. The number of likely N-dealkylation sites (tertiary alicyclic amines) is 1. The van der Waals surface area contributed by atoms with Crippen LogP contribution in [-0.2, 0) is 0 Å². The van der Waals surface area contributed by atoms with E-state index in [0.717, 1.165) is 58.2 Å². The molecule has 2 fully saturated rings. The van der Waals surface area contributed by atoms with E-state index in [9.17, 15) is 9.90 Å². The van der Waals surface area contributed by atoms with Crippen molar-refractivity contribution in [1.82, 2.24) is 10.2 Å². The first-order valence-corrected chi connectivity index (χ1v) is 8.93. The fourth-order valence-corrected chi connectivity index (χ4v) is 3.86. The van der Waals surface area contributed by atoms with Crippen molar-refractivity contribution < 1.29 is 14.3 Å². The molecule has 1 saturated heterocycles. The van der Waals surface area contributed by atoms with Gasteiger partial charge in [0.2, 0.25) is 0 Å². The number of hydrogen-bond donors (Lipinski definition) is 2. The molecule has 2 N–H and O–H groups in total. The predicted molar refractivity (Wildman–Crippen MR) is 88.7 cm³/mol. The number of carbonyl (C=O) groups excluding carboxylic acids is 1. The summed E-state index contributed by atoms with van der Waals surface area (Å²) in [5.41, 5.74) is -0.501. The van der Waals surface area contributed by atoms with Gasteiger partial charge in [0.25, 0.3) is 5.91 Å². The Kier molecular flexibility index (Phi) is 5.29. The molecule has 1 aromatic rings. The third kappa shape index (κ3) is 4.49. The van der Waals surface area contributed by atoms with E-state index in [1.807, 2.05) is 0 Å². The molecule has 0 radical (unpaired) electrons. The van der Waals surface area contributed by atoms with Crippen LogP contribution in [0.1, 0.15) is 55.5 Å². The van der Waals surface area contributed by atoms with Gasteiger partial charge in [0, 0.05) is 25.7 Å². The first kappa shape index (κ1) is 16.8. The Morgan fingerprint density at radius 2 is 2.00 bits per heavy atom. The largest absolute Gasteiger partial charge is 0.440 e. The van der Waals surface area contributed by atoms with Gasteiger partial charge in [0.15, 0.2) is 11.0 Å². The number of β-amino-alcohol motifs (C(OH)–C–C–N with tert-alkyl or cyclic N) is 1. The standard InChI is InChI=1S/C17H25ClN2O3/c18-15-5-4-14(23-15)16(21)19-13-6-10-20(11-7-13)12-17(22)8-2-1-3-9-17/h4-5,13,22H,1-3,6-12H2,(H,19,21). The number of nitrogens with one attached hydrogen (secondary N) is 1. The van der Waals surface area contributed by atoms with Gasteiger partial charge in [-0.15, -0.1) is 0 Å². The van der Waals surface area contributed by atoms with E-state index in [-0.39, 0.29) is 22.9 Å². The molecule has 1 saturated carbocycles. The molecule has 5 nitrogen and oxygen atoms in total. The Morgan fingerprint density at radius 1 is 1.30 bits per heavy atom. The Bertz CT molecular complexity index is 532. The maximum absolute atomic E-state index is 12.1. The lowest BCUT2D eigenvalue weighted by Crippen LogP contribution is -2.50. The monoisotopic (exact) mass is 340 g/mol. The highest BCUT2D eigenvalue weighted by Crippen LogP contribution is 2.29. The van der Waals surface area contributed by atoms with Crippen LogP contribution in [0.5, 0.6) is 0 Å². The second kappa shape index (κ2) is 7.24. The van der Waals surface area contributed by atoms with Crippen LogP contribution >= 0.6 is 11.6 Å². The third-order valence-electron chi connectivity index (χ3n) is 5.02. The van der Waals surface area contributed by atoms with Crippen molar-refractivity contribution in [2.45, 2.75) is 56.6 Å². The van der Waals surface area contributed by atoms with Gasteiger partial charge < -0.3 is 19.7 Å². The zero-order valence-electron chi connectivity index (χ0n) is 13.4. The van der Waals surface area contributed by atoms with Crippen molar-refractivity contribution in [3.8, 4) is 0 Å². The van der Waals surface area contributed by atoms with Crippen molar-refractivity contribution in [3.63, 3.8) is 0 Å². The van der Waals surface area contributed by atoms with E-state index in [1.54, 1.807) is 12.1 Å². The van der Waals surface area contributed by atoms with Crippen LogP contribution in [-0.4, -0.2) is 47.2 Å². The zero-order valence-corrected chi connectivity index (χ0v) is 14.1. The fraction of sp³-hybridized carbons (Fsp3) is 0.706. The number of amides is 1. The minimum absolute atomic E-state index is 0.156. The second-order valence-corrected chi connectivity index (χ2v) is 7.29. The summed E-state index contributed by atoms with van der Waals surface area (Å²) >= 11 is 5.69. The molecule has 128 valence electrons. The first-order chi connectivity index (χ1) is 11.0. The van der Waals surface area contributed by atoms with Gasteiger partial charge in [-0.1, -0.05) is 19.3 Å². The van der Waals surface area contributed by atoms with E-state index in [4.69, 9.17) is 16.0 Å². The molecule has 0 aromatic carbocycles. The van der Waals surface area contributed by atoms with Crippen molar-refractivity contribution in [2.75, 3.05) is 19.6 Å². The van der Waals surface area contributed by atoms with E-state index >= 15 is 0 Å². The molecule has 0 unspecified atom stereocenters. The van der Waals surface area contributed by atoms with E-state index in [1.165, 1.54) is 6.42 Å². The number of rotatable bonds is 4. The number of furan rings is 1. The van der Waals surface area contributed by atoms with E-state index in [2.05, 4.69) is 10.2 Å². The highest BCUT2D eigenvalue weighted by Gasteiger charge is 2.33. The molecule has 1 aromatic heterocycles. The van der Waals surface area contributed by atoms with Gasteiger partial charge in [-0.2, -0.15) is 0 Å². The smallest absolute Gasteiger partial charge is 0.287 e. The van der Waals surface area contributed by atoms with Crippen LogP contribution in [0.4, 0.5) is 0 Å². The lowest BCUT2D eigenvalue weighted by molar-refractivity contribution is -0.0312. The molecule has 23 heavy (non-hydrogen) atoms. The number of aliphatic hydroxyl groups is 1. The molecule has 2 heterocycles. The van der Waals surface area contributed by atoms with Gasteiger partial charge in [0.1, 0.15) is 0 Å². The summed E-state index contributed by atoms with van der Waals surface area (Å²) in [5.74, 6) is 0.0511. The van der Waals surface area contributed by atoms with Gasteiger partial charge >= 0.3 is 0 Å². The van der Waals surface area contributed by atoms with Crippen LogP contribution in [0.25, 0.3) is 0 Å². The van der Waals surface area contributed by atoms with Gasteiger partial charge in [0.05, 0.1) is 5.60 Å². The highest BCUT2D eigenvalue weighted by molar-refractivity contribution is 6.29. The maximum atomic E-state index is 12.1. The van der Waals surface area contributed by atoms with Gasteiger partial charge in [-0.25, -0.2) is 0 Å². The number of piperidine rings is 1. The lowest BCUT2D eigenvalue weighted by Gasteiger charge is -2.40. The van der Waals surface area contributed by atoms with E-state index < -0.39 is 5.60 Å². The molecule has 0 bridgehead atoms. The molecule has 1 aliphatic carbocycles. The first-order valence-electron chi connectivity index (χ1n) is 8.55. The quantitative estimate of drug-likeness (QED) is 0.884. The van der Waals surface area contributed by atoms with E-state index in [0.29, 0.717) is 0 Å². The van der Waals surface area contributed by atoms with Crippen LogP contribution in [0.3, 0.4) is 0 Å². The van der Waals surface area contributed by atoms with Crippen LogP contribution < -0.4 is 5.32 Å². The van der Waals surface area contributed by atoms with Crippen LogP contribution in [0.15, 0.2) is 16.5 Å². The molecule has 1 aliphatic heterocycles. The summed E-state index contributed by atoms with van der Waals surface area (Å²) < 4.78 is 5.13. The number of carbonyl (C=O) groups is 1. The summed E-state index contributed by atoms with van der Waals surface area (Å²) in [4.78, 5) is 14.4. The Morgan fingerprint density at radius 3 is 2.61 bits per heavy atom. The average Bonchev–Trinajstić information content (AvgIpc) is 2.96. The van der Waals surface area contributed by atoms with Gasteiger partial charge in [-0.05, 0) is 49.4 Å². The molecular weight excluding hydrogens is 316 g/mol. The minimum Gasteiger partial charge on any atom is -0.440 e. The Balaban J connectivity index is 1.44. The number of hydrogen-bond acceptors (Lipinski definition) is 4. The molecule has 6 heteroatoms. The van der Waals surface area contributed by atoms with Crippen molar-refractivity contribution >= 4 is 17.5 Å². The van der Waals surface area contributed by atoms with Gasteiger partial charge in [-0.3, -0.25) is 4.79 Å². The normalized spacial score (nSPS) is 22.9. The fourth-order valence-electron chi connectivity index (χ4n) is 3.71. The van der Waals surface area contributed by atoms with Crippen molar-refractivity contribution in [2.24, 2.45) is 0 Å². The number of halogens is 1. The van der Waals surface area contributed by atoms with Crippen LogP contribution in [0.2, 0.25) is 5.22 Å². The summed E-state index contributed by atoms with van der Waals surface area (Å²) in [6, 6.07) is 3.32. The lowest BCUT2D eigenvalue weighted by atomic mass is 9.84. The van der Waals surface area contributed by atoms with Crippen molar-refractivity contribution in [3.05, 3.63) is 23.1 Å². The third-order valence-corrected chi connectivity index (χ3v) is 5.23. The predicted octanol–water partition coefficient (Wildman–Crippen LogP) is 2.82. The minimum atomic E-state index is -0.501. The molecule has 1 amide bonds. The molecule has 0 atom stereocenters. The Hall–Kier alpha value is -1.04. The van der Waals surface area contributed by atoms with Crippen molar-refractivity contribution in [1.29, 1.82) is 0 Å². The summed E-state index contributed by atoms with van der Waals surface area (Å²) in [7, 11) is 0. The Labute approximate surface area is 142 Å². The SMILES string of the molecule is O=C(NC1CCN(CC2(O)CCCCC2)CC1)c1ccc(Cl)o1.